The maximum atomic E-state index is 12.2. The molecular formula is C28H24BrClN4O2S. The Labute approximate surface area is 234 Å². The third kappa shape index (κ3) is 5.28. The Morgan fingerprint density at radius 2 is 1.92 bits per heavy atom. The van der Waals surface area contributed by atoms with Crippen LogP contribution in [0.15, 0.2) is 87.9 Å². The molecule has 3 heterocycles. The van der Waals surface area contributed by atoms with Crippen molar-refractivity contribution in [2.45, 2.75) is 25.9 Å². The van der Waals surface area contributed by atoms with Crippen molar-refractivity contribution in [2.75, 3.05) is 10.2 Å². The fourth-order valence-electron chi connectivity index (χ4n) is 4.24. The van der Waals surface area contributed by atoms with E-state index in [-0.39, 0.29) is 23.9 Å². The zero-order valence-electron chi connectivity index (χ0n) is 20.1. The number of nitrogens with one attached hydrogen (secondary N) is 2. The summed E-state index contributed by atoms with van der Waals surface area (Å²) in [6.45, 7) is 3.67. The number of hydrogen-bond donors (Lipinski definition) is 2. The van der Waals surface area contributed by atoms with Crippen molar-refractivity contribution in [3.05, 3.63) is 99.9 Å². The van der Waals surface area contributed by atoms with Crippen LogP contribution in [0.25, 0.3) is 11.3 Å². The number of nitrogens with zero attached hydrogens (tertiary/aromatic N) is 2. The summed E-state index contributed by atoms with van der Waals surface area (Å²) < 4.78 is 7.40. The van der Waals surface area contributed by atoms with Crippen molar-refractivity contribution in [1.82, 2.24) is 10.3 Å². The van der Waals surface area contributed by atoms with Gasteiger partial charge in [-0.3, -0.25) is 9.78 Å². The first-order chi connectivity index (χ1) is 17.8. The SMILES string of the molecule is CC(C)C(=O)Nc1ccc(N2C(=S)N[C@@H](c3ccccn3)[C@H]2c2ccc(-c3ccc(Br)cc3)o2)cc1Cl. The summed E-state index contributed by atoms with van der Waals surface area (Å²) in [5.41, 5.74) is 3.13. The molecular weight excluding hydrogens is 572 g/mol. The first kappa shape index (κ1) is 25.4. The molecule has 1 fully saturated rings. The number of thiocarbonyl (C=S) groups is 1. The van der Waals surface area contributed by atoms with Crippen LogP contribution in [0.3, 0.4) is 0 Å². The van der Waals surface area contributed by atoms with Gasteiger partial charge in [0.1, 0.15) is 17.6 Å². The number of aromatic nitrogens is 1. The Kier molecular flexibility index (Phi) is 7.33. The number of benzene rings is 2. The highest BCUT2D eigenvalue weighted by molar-refractivity contribution is 9.10. The number of amides is 1. The first-order valence-electron chi connectivity index (χ1n) is 11.8. The van der Waals surface area contributed by atoms with E-state index in [1.807, 2.05) is 79.4 Å². The second kappa shape index (κ2) is 10.7. The summed E-state index contributed by atoms with van der Waals surface area (Å²) in [5.74, 6) is 1.23. The largest absolute Gasteiger partial charge is 0.459 e. The second-order valence-corrected chi connectivity index (χ2v) is 10.7. The Morgan fingerprint density at radius 1 is 1.14 bits per heavy atom. The number of anilines is 2. The molecule has 2 N–H and O–H groups in total. The predicted octanol–water partition coefficient (Wildman–Crippen LogP) is 7.53. The van der Waals surface area contributed by atoms with Crippen LogP contribution >= 0.6 is 39.7 Å². The Balaban J connectivity index is 1.54. The van der Waals surface area contributed by atoms with Crippen molar-refractivity contribution >= 4 is 62.1 Å². The molecule has 1 saturated heterocycles. The van der Waals surface area contributed by atoms with E-state index in [9.17, 15) is 4.79 Å². The van der Waals surface area contributed by atoms with E-state index in [4.69, 9.17) is 28.2 Å². The maximum Gasteiger partial charge on any atom is 0.226 e. The van der Waals surface area contributed by atoms with E-state index in [2.05, 4.69) is 31.5 Å². The maximum absolute atomic E-state index is 12.2. The number of rotatable bonds is 6. The minimum atomic E-state index is -0.321. The molecule has 1 aliphatic heterocycles. The number of carbonyl (C=O) groups excluding carboxylic acids is 1. The van der Waals surface area contributed by atoms with Gasteiger partial charge in [0.2, 0.25) is 5.91 Å². The second-order valence-electron chi connectivity index (χ2n) is 9.01. The van der Waals surface area contributed by atoms with Crippen LogP contribution in [-0.2, 0) is 4.79 Å². The van der Waals surface area contributed by atoms with Crippen LogP contribution in [0.1, 0.15) is 37.4 Å². The van der Waals surface area contributed by atoms with E-state index >= 15 is 0 Å². The monoisotopic (exact) mass is 594 g/mol. The first-order valence-corrected chi connectivity index (χ1v) is 13.4. The summed E-state index contributed by atoms with van der Waals surface area (Å²) in [7, 11) is 0. The highest BCUT2D eigenvalue weighted by Crippen LogP contribution is 2.44. The van der Waals surface area contributed by atoms with E-state index in [1.165, 1.54) is 0 Å². The van der Waals surface area contributed by atoms with Crippen LogP contribution in [0.4, 0.5) is 11.4 Å². The van der Waals surface area contributed by atoms with Gasteiger partial charge < -0.3 is 20.0 Å². The van der Waals surface area contributed by atoms with Gasteiger partial charge in [0.15, 0.2) is 5.11 Å². The van der Waals surface area contributed by atoms with Gasteiger partial charge in [0.25, 0.3) is 0 Å². The number of hydrogen-bond acceptors (Lipinski definition) is 4. The summed E-state index contributed by atoms with van der Waals surface area (Å²) in [5, 5.41) is 7.24. The molecule has 0 aliphatic carbocycles. The number of pyridine rings is 1. The normalized spacial score (nSPS) is 17.2. The fourth-order valence-corrected chi connectivity index (χ4v) is 5.07. The van der Waals surface area contributed by atoms with Gasteiger partial charge in [0, 0.05) is 27.8 Å². The Hall–Kier alpha value is -3.20. The quantitative estimate of drug-likeness (QED) is 0.225. The van der Waals surface area contributed by atoms with Crippen molar-refractivity contribution in [3.63, 3.8) is 0 Å². The molecule has 2 atom stereocenters. The molecule has 0 radical (unpaired) electrons. The minimum Gasteiger partial charge on any atom is -0.459 e. The third-order valence-corrected chi connectivity index (χ3v) is 7.31. The van der Waals surface area contributed by atoms with E-state index in [0.29, 0.717) is 15.8 Å². The lowest BCUT2D eigenvalue weighted by Crippen LogP contribution is -2.29. The molecule has 5 rings (SSSR count). The molecule has 0 bridgehead atoms. The highest BCUT2D eigenvalue weighted by Gasteiger charge is 2.42. The molecule has 2 aromatic carbocycles. The predicted molar refractivity (Wildman–Crippen MR) is 155 cm³/mol. The van der Waals surface area contributed by atoms with Gasteiger partial charge in [-0.05, 0) is 66.8 Å². The third-order valence-electron chi connectivity index (χ3n) is 6.16. The van der Waals surface area contributed by atoms with Crippen molar-refractivity contribution in [1.29, 1.82) is 0 Å². The summed E-state index contributed by atoms with van der Waals surface area (Å²) in [4.78, 5) is 18.8. The molecule has 2 aromatic heterocycles. The zero-order valence-corrected chi connectivity index (χ0v) is 23.3. The van der Waals surface area contributed by atoms with Crippen molar-refractivity contribution in [3.8, 4) is 11.3 Å². The van der Waals surface area contributed by atoms with Crippen LogP contribution in [-0.4, -0.2) is 16.0 Å². The van der Waals surface area contributed by atoms with Gasteiger partial charge in [-0.25, -0.2) is 0 Å². The molecule has 1 aliphatic rings. The lowest BCUT2D eigenvalue weighted by molar-refractivity contribution is -0.118. The summed E-state index contributed by atoms with van der Waals surface area (Å²) in [6.07, 6.45) is 1.76. The molecule has 0 spiro atoms. The molecule has 37 heavy (non-hydrogen) atoms. The summed E-state index contributed by atoms with van der Waals surface area (Å²) in [6, 6.07) is 22.6. The van der Waals surface area contributed by atoms with E-state index < -0.39 is 0 Å². The summed E-state index contributed by atoms with van der Waals surface area (Å²) >= 11 is 15.9. The molecule has 6 nitrogen and oxygen atoms in total. The van der Waals surface area contributed by atoms with Gasteiger partial charge >= 0.3 is 0 Å². The minimum absolute atomic E-state index is 0.0999. The van der Waals surface area contributed by atoms with Crippen LogP contribution < -0.4 is 15.5 Å². The fraction of sp³-hybridized carbons (Fsp3) is 0.179. The average molecular weight is 596 g/mol. The van der Waals surface area contributed by atoms with Crippen LogP contribution in [0.5, 0.6) is 0 Å². The molecule has 0 saturated carbocycles. The lowest BCUT2D eigenvalue weighted by Gasteiger charge is -2.26. The van der Waals surface area contributed by atoms with Gasteiger partial charge in [-0.2, -0.15) is 0 Å². The van der Waals surface area contributed by atoms with Gasteiger partial charge in [-0.15, -0.1) is 0 Å². The van der Waals surface area contributed by atoms with E-state index in [0.717, 1.165) is 32.9 Å². The Bertz CT molecular complexity index is 1440. The molecule has 188 valence electrons. The molecule has 0 unspecified atom stereocenters. The van der Waals surface area contributed by atoms with Gasteiger partial charge in [-0.1, -0.05) is 59.6 Å². The van der Waals surface area contributed by atoms with Crippen LogP contribution in [0, 0.1) is 5.92 Å². The smallest absolute Gasteiger partial charge is 0.226 e. The van der Waals surface area contributed by atoms with Crippen LogP contribution in [0.2, 0.25) is 5.02 Å². The highest BCUT2D eigenvalue weighted by atomic mass is 79.9. The molecule has 4 aromatic rings. The standard InChI is InChI=1S/C28H24BrClN4O2S/c1-16(2)27(35)32-21-11-10-19(15-20(21)30)34-26(25(33-28(34)37)22-5-3-4-14-31-22)24-13-12-23(36-24)17-6-8-18(29)9-7-17/h3-16,25-26H,1-2H3,(H,32,35)(H,33,37)/t25-,26+/m0/s1. The number of furan rings is 1. The molecule has 1 amide bonds. The average Bonchev–Trinajstić information content (AvgIpc) is 3.51. The zero-order chi connectivity index (χ0) is 26.1. The number of carbonyl (C=O) groups is 1. The van der Waals surface area contributed by atoms with Gasteiger partial charge in [0.05, 0.1) is 22.4 Å². The Morgan fingerprint density at radius 3 is 2.59 bits per heavy atom. The topological polar surface area (TPSA) is 70.4 Å². The number of halogens is 2. The van der Waals surface area contributed by atoms with E-state index in [1.54, 1.807) is 18.3 Å². The van der Waals surface area contributed by atoms with Crippen molar-refractivity contribution < 1.29 is 9.21 Å². The van der Waals surface area contributed by atoms with Crippen molar-refractivity contribution in [2.24, 2.45) is 5.92 Å². The molecule has 9 heteroatoms. The lowest BCUT2D eigenvalue weighted by atomic mass is 10.0.